The summed E-state index contributed by atoms with van der Waals surface area (Å²) in [5.74, 6) is -14.4. The first-order chi connectivity index (χ1) is 21.1. The number of rotatable bonds is 2. The van der Waals surface area contributed by atoms with Gasteiger partial charge in [0.25, 0.3) is 0 Å². The van der Waals surface area contributed by atoms with Crippen LogP contribution in [-0.2, 0) is 18.9 Å². The fraction of sp³-hybridized carbons (Fsp3) is 0.222. The van der Waals surface area contributed by atoms with E-state index in [0.717, 1.165) is 0 Å². The Hall–Kier alpha value is -5.85. The maximum absolute atomic E-state index is 13.5. The van der Waals surface area contributed by atoms with Gasteiger partial charge in [-0.2, -0.15) is 0 Å². The van der Waals surface area contributed by atoms with E-state index in [1.165, 1.54) is 0 Å². The fourth-order valence-corrected chi connectivity index (χ4v) is 4.77. The SMILES string of the molecule is O=C(O[C@@H]1[C@@H](O)[C@@H]2OC(=O)c3cc(O)c(O)c(O)c3-c3c(cc(O)c(O)c3O)C(=O)OC[C@H]2O[C@@H]1O)c1cc(O)c(O)c(O)c1. The average Bonchev–Trinajstić information content (AvgIpc) is 3.00. The van der Waals surface area contributed by atoms with Gasteiger partial charge in [0.1, 0.15) is 18.8 Å². The van der Waals surface area contributed by atoms with Crippen molar-refractivity contribution in [3.05, 3.63) is 41.0 Å². The summed E-state index contributed by atoms with van der Waals surface area (Å²) in [4.78, 5) is 39.3. The van der Waals surface area contributed by atoms with Crippen LogP contribution in [0.3, 0.4) is 0 Å². The van der Waals surface area contributed by atoms with Gasteiger partial charge in [0.05, 0.1) is 16.7 Å². The van der Waals surface area contributed by atoms with Gasteiger partial charge in [-0.1, -0.05) is 0 Å². The van der Waals surface area contributed by atoms with Crippen LogP contribution in [0.25, 0.3) is 11.1 Å². The minimum absolute atomic E-state index is 0.532. The second-order valence-corrected chi connectivity index (χ2v) is 9.79. The van der Waals surface area contributed by atoms with E-state index in [2.05, 4.69) is 0 Å². The molecule has 0 aliphatic carbocycles. The van der Waals surface area contributed by atoms with Gasteiger partial charge in [0.15, 0.2) is 58.7 Å². The molecular weight excluding hydrogens is 612 g/mol. The molecule has 1 saturated heterocycles. The summed E-state index contributed by atoms with van der Waals surface area (Å²) in [7, 11) is 0. The summed E-state index contributed by atoms with van der Waals surface area (Å²) in [6, 6.07) is 2.48. The molecule has 0 bridgehead atoms. The Balaban J connectivity index is 1.58. The lowest BCUT2D eigenvalue weighted by atomic mass is 9.92. The van der Waals surface area contributed by atoms with Crippen molar-refractivity contribution >= 4 is 17.9 Å². The molecule has 1 fully saturated rings. The average molecular weight is 634 g/mol. The van der Waals surface area contributed by atoms with Crippen molar-refractivity contribution in [2.75, 3.05) is 6.61 Å². The van der Waals surface area contributed by atoms with Crippen LogP contribution in [-0.4, -0.2) is 111 Å². The molecule has 3 aromatic rings. The monoisotopic (exact) mass is 634 g/mol. The van der Waals surface area contributed by atoms with Gasteiger partial charge in [-0.05, 0) is 24.3 Å². The van der Waals surface area contributed by atoms with Crippen LogP contribution < -0.4 is 0 Å². The molecule has 0 unspecified atom stereocenters. The van der Waals surface area contributed by atoms with Crippen LogP contribution in [0.5, 0.6) is 51.7 Å². The topological polar surface area (TPSA) is 311 Å². The second-order valence-electron chi connectivity index (χ2n) is 9.79. The number of aromatic hydroxyl groups is 9. The Morgan fingerprint density at radius 3 is 1.71 bits per heavy atom. The van der Waals surface area contributed by atoms with Crippen LogP contribution in [0, 0.1) is 0 Å². The molecule has 11 N–H and O–H groups in total. The van der Waals surface area contributed by atoms with Crippen LogP contribution in [0.4, 0.5) is 0 Å². The number of fused-ring (bicyclic) bond motifs is 4. The number of aliphatic hydroxyl groups excluding tert-OH is 2. The van der Waals surface area contributed by atoms with Crippen molar-refractivity contribution in [2.45, 2.75) is 30.7 Å². The predicted molar refractivity (Wildman–Crippen MR) is 139 cm³/mol. The molecule has 2 aliphatic heterocycles. The second kappa shape index (κ2) is 11.0. The number of esters is 3. The number of hydrogen-bond donors (Lipinski definition) is 11. The van der Waals surface area contributed by atoms with E-state index in [9.17, 15) is 70.6 Å². The molecule has 2 heterocycles. The van der Waals surface area contributed by atoms with E-state index < -0.39 is 135 Å². The van der Waals surface area contributed by atoms with E-state index in [1.54, 1.807) is 0 Å². The highest BCUT2D eigenvalue weighted by Crippen LogP contribution is 2.53. The number of phenolic OH excluding ortho intramolecular Hbond substituents is 9. The molecule has 3 aromatic carbocycles. The maximum atomic E-state index is 13.5. The zero-order chi connectivity index (χ0) is 33.1. The highest BCUT2D eigenvalue weighted by atomic mass is 16.7. The van der Waals surface area contributed by atoms with E-state index >= 15 is 0 Å². The molecule has 0 amide bonds. The highest BCUT2D eigenvalue weighted by Gasteiger charge is 2.50. The summed E-state index contributed by atoms with van der Waals surface area (Å²) in [6.07, 6.45) is -10.1. The lowest BCUT2D eigenvalue weighted by Gasteiger charge is -2.41. The normalized spacial score (nSPS) is 22.9. The molecule has 5 rings (SSSR count). The molecule has 0 spiro atoms. The van der Waals surface area contributed by atoms with E-state index in [1.807, 2.05) is 0 Å². The smallest absolute Gasteiger partial charge is 0.339 e. The van der Waals surface area contributed by atoms with Crippen molar-refractivity contribution in [3.63, 3.8) is 0 Å². The molecule has 0 saturated carbocycles. The number of benzene rings is 3. The summed E-state index contributed by atoms with van der Waals surface area (Å²) in [5, 5.41) is 112. The van der Waals surface area contributed by atoms with Crippen molar-refractivity contribution in [1.82, 2.24) is 0 Å². The number of carbonyl (C=O) groups excluding carboxylic acids is 3. The molecule has 0 aromatic heterocycles. The summed E-state index contributed by atoms with van der Waals surface area (Å²) < 4.78 is 20.8. The maximum Gasteiger partial charge on any atom is 0.339 e. The third kappa shape index (κ3) is 5.07. The molecule has 0 radical (unpaired) electrons. The van der Waals surface area contributed by atoms with Gasteiger partial charge in [0, 0.05) is 11.1 Å². The number of phenols is 9. The first-order valence-corrected chi connectivity index (χ1v) is 12.5. The molecule has 2 aliphatic rings. The molecule has 238 valence electrons. The fourth-order valence-electron chi connectivity index (χ4n) is 4.77. The Bertz CT molecular complexity index is 1730. The standard InChI is InChI=1S/C27H22O18/c28-9-1-6(2-10(29)16(9)32)24(38)45-23-21(37)22-13(43-27(23)41)5-42-25(39)7-3-11(30)17(33)19(35)14(7)15-8(26(40)44-22)4-12(31)18(34)20(15)36/h1-4,13,21-23,27-37,41H,5H2/t13-,21+,22-,23-,27+/m1/s1. The molecule has 45 heavy (non-hydrogen) atoms. The van der Waals surface area contributed by atoms with Gasteiger partial charge < -0.3 is 75.1 Å². The van der Waals surface area contributed by atoms with E-state index in [-0.39, 0.29) is 0 Å². The van der Waals surface area contributed by atoms with E-state index in [0.29, 0.717) is 24.3 Å². The largest absolute Gasteiger partial charge is 0.504 e. The Kier molecular flexibility index (Phi) is 7.49. The molecule has 5 atom stereocenters. The van der Waals surface area contributed by atoms with Gasteiger partial charge in [0.2, 0.25) is 11.5 Å². The number of carbonyl (C=O) groups is 3. The van der Waals surface area contributed by atoms with Gasteiger partial charge in [-0.15, -0.1) is 0 Å². The van der Waals surface area contributed by atoms with Crippen LogP contribution in [0.1, 0.15) is 31.1 Å². The zero-order valence-corrected chi connectivity index (χ0v) is 22.2. The highest BCUT2D eigenvalue weighted by molar-refractivity contribution is 6.08. The Morgan fingerprint density at radius 2 is 1.18 bits per heavy atom. The number of cyclic esters (lactones) is 1. The lowest BCUT2D eigenvalue weighted by Crippen LogP contribution is -2.61. The van der Waals surface area contributed by atoms with Crippen molar-refractivity contribution in [3.8, 4) is 62.9 Å². The minimum atomic E-state index is -2.19. The lowest BCUT2D eigenvalue weighted by molar-refractivity contribution is -0.284. The molecular formula is C27H22O18. The van der Waals surface area contributed by atoms with Crippen molar-refractivity contribution in [1.29, 1.82) is 0 Å². The summed E-state index contributed by atoms with van der Waals surface area (Å²) >= 11 is 0. The third-order valence-corrected chi connectivity index (χ3v) is 7.00. The first kappa shape index (κ1) is 30.6. The quantitative estimate of drug-likeness (QED) is 0.0979. The minimum Gasteiger partial charge on any atom is -0.504 e. The molecule has 18 heteroatoms. The molecule has 18 nitrogen and oxygen atoms in total. The van der Waals surface area contributed by atoms with Gasteiger partial charge in [-0.25, -0.2) is 14.4 Å². The number of ether oxygens (including phenoxy) is 4. The number of aliphatic hydroxyl groups is 2. The van der Waals surface area contributed by atoms with Crippen molar-refractivity contribution < 1.29 is 89.5 Å². The first-order valence-electron chi connectivity index (χ1n) is 12.5. The third-order valence-electron chi connectivity index (χ3n) is 7.00. The van der Waals surface area contributed by atoms with Crippen LogP contribution >= 0.6 is 0 Å². The Morgan fingerprint density at radius 1 is 0.689 bits per heavy atom. The zero-order valence-electron chi connectivity index (χ0n) is 22.2. The van der Waals surface area contributed by atoms with Gasteiger partial charge >= 0.3 is 17.9 Å². The van der Waals surface area contributed by atoms with Gasteiger partial charge in [-0.3, -0.25) is 0 Å². The van der Waals surface area contributed by atoms with E-state index in [4.69, 9.17) is 18.9 Å². The van der Waals surface area contributed by atoms with Crippen molar-refractivity contribution in [2.24, 2.45) is 0 Å². The van der Waals surface area contributed by atoms with Crippen LogP contribution in [0.2, 0.25) is 0 Å². The summed E-state index contributed by atoms with van der Waals surface area (Å²) in [5.41, 5.74) is -4.02. The Labute approximate surface area is 248 Å². The number of hydrogen-bond acceptors (Lipinski definition) is 18. The van der Waals surface area contributed by atoms with Crippen LogP contribution in [0.15, 0.2) is 24.3 Å². The summed E-state index contributed by atoms with van der Waals surface area (Å²) in [6.45, 7) is -0.925. The predicted octanol–water partition coefficient (Wildman–Crippen LogP) is -0.297.